The average molecular weight is 420 g/mol. The minimum Gasteiger partial charge on any atom is -0.395 e. The van der Waals surface area contributed by atoms with Crippen LogP contribution in [0.25, 0.3) is 0 Å². The fourth-order valence-corrected chi connectivity index (χ4v) is 2.52. The smallest absolute Gasteiger partial charge is 0.324 e. The molecule has 2 heterocycles. The molecular formula is C22H24N6O3. The van der Waals surface area contributed by atoms with Crippen molar-refractivity contribution in [3.05, 3.63) is 59.7 Å². The van der Waals surface area contributed by atoms with E-state index in [1.807, 2.05) is 26.8 Å². The van der Waals surface area contributed by atoms with Crippen LogP contribution in [0.3, 0.4) is 0 Å². The number of aliphatic hydroxyl groups is 1. The predicted molar refractivity (Wildman–Crippen MR) is 118 cm³/mol. The molecule has 0 spiro atoms. The highest BCUT2D eigenvalue weighted by molar-refractivity contribution is 5.99. The third kappa shape index (κ3) is 6.29. The molecule has 0 radical (unpaired) electrons. The summed E-state index contributed by atoms with van der Waals surface area (Å²) in [6.07, 6.45) is 3.01. The molecule has 2 amide bonds. The van der Waals surface area contributed by atoms with E-state index in [1.54, 1.807) is 30.5 Å². The second-order valence-corrected chi connectivity index (χ2v) is 7.67. The standard InChI is InChI=1S/C22H24N6O3/c1-22(2,3)18-12-19(28-31-18)27-21(30)26-17-6-4-5-15(11-17)7-8-16-13-23-14-25-20(16)24-9-10-29/h4-6,11-14,29H,9-10H2,1-3H3,(H,23,24,25)(H2,26,27,28,30). The van der Waals surface area contributed by atoms with Crippen molar-refractivity contribution < 1.29 is 14.4 Å². The van der Waals surface area contributed by atoms with Crippen molar-refractivity contribution in [2.75, 3.05) is 29.1 Å². The number of benzene rings is 1. The van der Waals surface area contributed by atoms with E-state index in [0.717, 1.165) is 0 Å². The number of aromatic nitrogens is 3. The highest BCUT2D eigenvalue weighted by Crippen LogP contribution is 2.24. The molecule has 1 aromatic carbocycles. The number of urea groups is 1. The summed E-state index contributed by atoms with van der Waals surface area (Å²) < 4.78 is 5.27. The van der Waals surface area contributed by atoms with Gasteiger partial charge in [0, 0.05) is 35.5 Å². The van der Waals surface area contributed by atoms with Crippen LogP contribution in [0.2, 0.25) is 0 Å². The first-order chi connectivity index (χ1) is 14.8. The summed E-state index contributed by atoms with van der Waals surface area (Å²) in [5.41, 5.74) is 1.68. The largest absolute Gasteiger partial charge is 0.395 e. The lowest BCUT2D eigenvalue weighted by atomic mass is 9.93. The Morgan fingerprint density at radius 3 is 2.77 bits per heavy atom. The Labute approximate surface area is 180 Å². The van der Waals surface area contributed by atoms with Gasteiger partial charge in [-0.05, 0) is 18.2 Å². The molecule has 0 bridgehead atoms. The Hall–Kier alpha value is -3.90. The van der Waals surface area contributed by atoms with Gasteiger partial charge in [0.25, 0.3) is 0 Å². The average Bonchev–Trinajstić information content (AvgIpc) is 3.20. The summed E-state index contributed by atoms with van der Waals surface area (Å²) in [5, 5.41) is 21.2. The zero-order chi connectivity index (χ0) is 22.3. The molecule has 4 N–H and O–H groups in total. The molecule has 2 aromatic heterocycles. The van der Waals surface area contributed by atoms with Crippen LogP contribution in [-0.4, -0.2) is 39.4 Å². The Morgan fingerprint density at radius 1 is 1.19 bits per heavy atom. The molecule has 9 nitrogen and oxygen atoms in total. The molecular weight excluding hydrogens is 396 g/mol. The van der Waals surface area contributed by atoms with Crippen molar-refractivity contribution in [3.63, 3.8) is 0 Å². The van der Waals surface area contributed by atoms with Gasteiger partial charge in [-0.3, -0.25) is 5.32 Å². The molecule has 160 valence electrons. The van der Waals surface area contributed by atoms with E-state index >= 15 is 0 Å². The quantitative estimate of drug-likeness (QED) is 0.467. The number of rotatable bonds is 5. The molecule has 3 rings (SSSR count). The molecule has 0 unspecified atom stereocenters. The topological polar surface area (TPSA) is 125 Å². The van der Waals surface area contributed by atoms with Crippen LogP contribution in [0, 0.1) is 11.8 Å². The first kappa shape index (κ1) is 21.8. The third-order valence-electron chi connectivity index (χ3n) is 4.07. The van der Waals surface area contributed by atoms with Crippen molar-refractivity contribution in [1.29, 1.82) is 0 Å². The minimum atomic E-state index is -0.439. The molecule has 31 heavy (non-hydrogen) atoms. The van der Waals surface area contributed by atoms with Crippen molar-refractivity contribution in [3.8, 4) is 11.8 Å². The van der Waals surface area contributed by atoms with E-state index in [4.69, 9.17) is 9.63 Å². The summed E-state index contributed by atoms with van der Waals surface area (Å²) in [6.45, 7) is 6.34. The fraction of sp³-hybridized carbons (Fsp3) is 0.273. The third-order valence-corrected chi connectivity index (χ3v) is 4.07. The van der Waals surface area contributed by atoms with Gasteiger partial charge in [0.15, 0.2) is 5.82 Å². The fourth-order valence-electron chi connectivity index (χ4n) is 2.52. The molecule has 0 atom stereocenters. The molecule has 0 fully saturated rings. The van der Waals surface area contributed by atoms with Gasteiger partial charge < -0.3 is 20.3 Å². The number of amides is 2. The van der Waals surface area contributed by atoms with Crippen LogP contribution in [0.1, 0.15) is 37.7 Å². The first-order valence-electron chi connectivity index (χ1n) is 9.67. The van der Waals surface area contributed by atoms with Gasteiger partial charge in [-0.1, -0.05) is 43.8 Å². The molecule has 3 aromatic rings. The van der Waals surface area contributed by atoms with E-state index in [1.165, 1.54) is 6.33 Å². The lowest BCUT2D eigenvalue weighted by Crippen LogP contribution is -2.19. The molecule has 0 saturated carbocycles. The van der Waals surface area contributed by atoms with Gasteiger partial charge >= 0.3 is 6.03 Å². The maximum atomic E-state index is 12.3. The first-order valence-corrected chi connectivity index (χ1v) is 9.67. The van der Waals surface area contributed by atoms with Crippen LogP contribution < -0.4 is 16.0 Å². The summed E-state index contributed by atoms with van der Waals surface area (Å²) in [4.78, 5) is 20.4. The van der Waals surface area contributed by atoms with Crippen molar-refractivity contribution in [2.24, 2.45) is 0 Å². The highest BCUT2D eigenvalue weighted by atomic mass is 16.5. The maximum absolute atomic E-state index is 12.3. The summed E-state index contributed by atoms with van der Waals surface area (Å²) in [5.74, 6) is 7.60. The van der Waals surface area contributed by atoms with E-state index in [9.17, 15) is 4.79 Å². The van der Waals surface area contributed by atoms with Gasteiger partial charge in [0.2, 0.25) is 0 Å². The van der Waals surface area contributed by atoms with Crippen LogP contribution in [0.4, 0.5) is 22.1 Å². The second kappa shape index (κ2) is 9.73. The van der Waals surface area contributed by atoms with Crippen LogP contribution in [0.5, 0.6) is 0 Å². The van der Waals surface area contributed by atoms with Gasteiger partial charge in [0.1, 0.15) is 17.9 Å². The van der Waals surface area contributed by atoms with Crippen LogP contribution in [0.15, 0.2) is 47.4 Å². The maximum Gasteiger partial charge on any atom is 0.324 e. The molecule has 0 saturated heterocycles. The number of nitrogens with one attached hydrogen (secondary N) is 3. The summed E-state index contributed by atoms with van der Waals surface area (Å²) >= 11 is 0. The van der Waals surface area contributed by atoms with Gasteiger partial charge in [-0.15, -0.1) is 0 Å². The minimum absolute atomic E-state index is 0.0154. The van der Waals surface area contributed by atoms with Crippen LogP contribution in [-0.2, 0) is 5.41 Å². The number of anilines is 3. The van der Waals surface area contributed by atoms with E-state index in [-0.39, 0.29) is 12.0 Å². The Kier molecular flexibility index (Phi) is 6.85. The number of aliphatic hydroxyl groups excluding tert-OH is 1. The van der Waals surface area contributed by atoms with Crippen LogP contribution >= 0.6 is 0 Å². The SMILES string of the molecule is CC(C)(C)c1cc(NC(=O)Nc2cccc(C#Cc3cncnc3NCCO)c2)no1. The molecule has 0 aliphatic heterocycles. The Morgan fingerprint density at radius 2 is 2.03 bits per heavy atom. The van der Waals surface area contributed by atoms with E-state index in [2.05, 4.69) is 42.9 Å². The highest BCUT2D eigenvalue weighted by Gasteiger charge is 2.20. The number of nitrogens with zero attached hydrogens (tertiary/aromatic N) is 3. The molecule has 9 heteroatoms. The Balaban J connectivity index is 1.67. The number of carbonyl (C=O) groups is 1. The van der Waals surface area contributed by atoms with Crippen molar-refractivity contribution in [2.45, 2.75) is 26.2 Å². The monoisotopic (exact) mass is 420 g/mol. The predicted octanol–water partition coefficient (Wildman–Crippen LogP) is 3.21. The summed E-state index contributed by atoms with van der Waals surface area (Å²) in [6, 6.07) is 8.39. The van der Waals surface area contributed by atoms with Crippen molar-refractivity contribution >= 4 is 23.4 Å². The Bertz CT molecular complexity index is 1110. The van der Waals surface area contributed by atoms with Gasteiger partial charge in [-0.25, -0.2) is 14.8 Å². The second-order valence-electron chi connectivity index (χ2n) is 7.67. The number of hydrogen-bond acceptors (Lipinski definition) is 7. The summed E-state index contributed by atoms with van der Waals surface area (Å²) in [7, 11) is 0. The zero-order valence-corrected chi connectivity index (χ0v) is 17.6. The zero-order valence-electron chi connectivity index (χ0n) is 17.6. The van der Waals surface area contributed by atoms with Gasteiger partial charge in [-0.2, -0.15) is 0 Å². The molecule has 0 aliphatic carbocycles. The molecule has 0 aliphatic rings. The number of hydrogen-bond donors (Lipinski definition) is 4. The van der Waals surface area contributed by atoms with Crippen molar-refractivity contribution in [1.82, 2.24) is 15.1 Å². The normalized spacial score (nSPS) is 10.7. The van der Waals surface area contributed by atoms with E-state index < -0.39 is 6.03 Å². The van der Waals surface area contributed by atoms with E-state index in [0.29, 0.717) is 40.8 Å². The van der Waals surface area contributed by atoms with Gasteiger partial charge in [0.05, 0.1) is 12.2 Å². The lowest BCUT2D eigenvalue weighted by molar-refractivity contribution is 0.262. The number of carbonyl (C=O) groups excluding carboxylic acids is 1. The lowest BCUT2D eigenvalue weighted by Gasteiger charge is -2.12.